The van der Waals surface area contributed by atoms with Crippen molar-refractivity contribution in [2.75, 3.05) is 0 Å². The van der Waals surface area contributed by atoms with Crippen molar-refractivity contribution in [3.8, 4) is 0 Å². The number of hydrogen-bond donors (Lipinski definition) is 0. The van der Waals surface area contributed by atoms with Crippen LogP contribution < -0.4 is 0 Å². The first-order valence-electron chi connectivity index (χ1n) is 4.12. The summed E-state index contributed by atoms with van der Waals surface area (Å²) < 4.78 is 1.80. The minimum absolute atomic E-state index is 0.683. The molecule has 13 heavy (non-hydrogen) atoms. The van der Waals surface area contributed by atoms with Crippen molar-refractivity contribution < 1.29 is 4.79 Å². The van der Waals surface area contributed by atoms with Gasteiger partial charge in [-0.15, -0.1) is 0 Å². The zero-order valence-electron chi connectivity index (χ0n) is 7.61. The molecule has 2 rings (SSSR count). The lowest BCUT2D eigenvalue weighted by atomic mass is 10.3. The normalized spacial score (nSPS) is 10.6. The number of carbonyl (C=O) groups is 1. The summed E-state index contributed by atoms with van der Waals surface area (Å²) in [6, 6.07) is 3.94. The van der Waals surface area contributed by atoms with Gasteiger partial charge in [0, 0.05) is 11.2 Å². The molecule has 0 atom stereocenters. The molecule has 2 heterocycles. The summed E-state index contributed by atoms with van der Waals surface area (Å²) in [7, 11) is 0. The Morgan fingerprint density at radius 3 is 2.85 bits per heavy atom. The Kier molecular flexibility index (Phi) is 1.65. The smallest absolute Gasteiger partial charge is 0.167 e. The highest BCUT2D eigenvalue weighted by Gasteiger charge is 2.05. The van der Waals surface area contributed by atoms with E-state index in [4.69, 9.17) is 0 Å². The highest BCUT2D eigenvalue weighted by molar-refractivity contribution is 5.78. The lowest BCUT2D eigenvalue weighted by molar-refractivity contribution is 0.111. The van der Waals surface area contributed by atoms with E-state index in [1.165, 1.54) is 0 Å². The maximum atomic E-state index is 10.7. The van der Waals surface area contributed by atoms with Crippen LogP contribution in [0.1, 0.15) is 21.7 Å². The van der Waals surface area contributed by atoms with Crippen LogP contribution in [0.25, 0.3) is 5.52 Å². The van der Waals surface area contributed by atoms with E-state index in [1.54, 1.807) is 10.7 Å². The molecule has 0 aliphatic rings. The van der Waals surface area contributed by atoms with E-state index in [0.717, 1.165) is 23.1 Å². The lowest BCUT2D eigenvalue weighted by Crippen LogP contribution is -1.94. The Bertz CT molecular complexity index is 471. The van der Waals surface area contributed by atoms with Crippen LogP contribution in [0.5, 0.6) is 0 Å². The highest BCUT2D eigenvalue weighted by Crippen LogP contribution is 2.13. The first-order valence-corrected chi connectivity index (χ1v) is 4.12. The Labute approximate surface area is 76.0 Å². The Morgan fingerprint density at radius 2 is 2.15 bits per heavy atom. The summed E-state index contributed by atoms with van der Waals surface area (Å²) in [5, 5.41) is 0. The van der Waals surface area contributed by atoms with Gasteiger partial charge in [-0.2, -0.15) is 0 Å². The lowest BCUT2D eigenvalue weighted by Gasteiger charge is -1.96. The number of rotatable bonds is 1. The molecular weight excluding hydrogens is 164 g/mol. The number of hydrogen-bond acceptors (Lipinski definition) is 2. The molecule has 66 valence electrons. The molecule has 3 heteroatoms. The summed E-state index contributed by atoms with van der Waals surface area (Å²) >= 11 is 0. The molecule has 2 aromatic rings. The molecule has 3 nitrogen and oxygen atoms in total. The van der Waals surface area contributed by atoms with Crippen LogP contribution >= 0.6 is 0 Å². The van der Waals surface area contributed by atoms with Crippen molar-refractivity contribution in [1.82, 2.24) is 9.38 Å². The van der Waals surface area contributed by atoms with Crippen molar-refractivity contribution >= 4 is 11.8 Å². The molecule has 0 aliphatic heterocycles. The molecule has 0 N–H and O–H groups in total. The summed E-state index contributed by atoms with van der Waals surface area (Å²) in [5.74, 6) is 0. The van der Waals surface area contributed by atoms with Crippen LogP contribution in [0, 0.1) is 13.8 Å². The molecule has 0 saturated heterocycles. The Morgan fingerprint density at radius 1 is 1.38 bits per heavy atom. The minimum atomic E-state index is 0.683. The summed E-state index contributed by atoms with van der Waals surface area (Å²) in [5.41, 5.74) is 3.65. The van der Waals surface area contributed by atoms with E-state index in [0.29, 0.717) is 5.69 Å². The van der Waals surface area contributed by atoms with Crippen molar-refractivity contribution in [3.63, 3.8) is 0 Å². The van der Waals surface area contributed by atoms with Gasteiger partial charge in [0.2, 0.25) is 0 Å². The monoisotopic (exact) mass is 174 g/mol. The van der Waals surface area contributed by atoms with Gasteiger partial charge in [-0.3, -0.25) is 9.20 Å². The quantitative estimate of drug-likeness (QED) is 0.617. The number of fused-ring (bicyclic) bond motifs is 1. The van der Waals surface area contributed by atoms with E-state index in [9.17, 15) is 4.79 Å². The van der Waals surface area contributed by atoms with Gasteiger partial charge in [0.05, 0.1) is 12.0 Å². The molecule has 0 saturated carbocycles. The largest absolute Gasteiger partial charge is 0.297 e. The molecular formula is C10H10N2O. The Hall–Kier alpha value is -1.64. The minimum Gasteiger partial charge on any atom is -0.297 e. The highest BCUT2D eigenvalue weighted by atomic mass is 16.1. The van der Waals surface area contributed by atoms with Crippen molar-refractivity contribution in [3.05, 3.63) is 35.4 Å². The maximum absolute atomic E-state index is 10.7. The van der Waals surface area contributed by atoms with Gasteiger partial charge in [0.1, 0.15) is 0 Å². The van der Waals surface area contributed by atoms with Gasteiger partial charge in [-0.1, -0.05) is 0 Å². The number of carbonyl (C=O) groups excluding carboxylic acids is 1. The van der Waals surface area contributed by atoms with Gasteiger partial charge in [-0.25, -0.2) is 4.98 Å². The molecule has 0 radical (unpaired) electrons. The average molecular weight is 174 g/mol. The first-order chi connectivity index (χ1) is 6.22. The van der Waals surface area contributed by atoms with Crippen LogP contribution in [-0.2, 0) is 0 Å². The van der Waals surface area contributed by atoms with E-state index in [2.05, 4.69) is 4.98 Å². The third-order valence-corrected chi connectivity index (χ3v) is 2.15. The van der Waals surface area contributed by atoms with E-state index >= 15 is 0 Å². The SMILES string of the molecule is Cc1cc2cc(C)c(C=O)n2cn1. The Balaban J connectivity index is 2.86. The zero-order chi connectivity index (χ0) is 9.42. The molecule has 0 aliphatic carbocycles. The van der Waals surface area contributed by atoms with Gasteiger partial charge >= 0.3 is 0 Å². The number of aldehydes is 1. The predicted molar refractivity (Wildman–Crippen MR) is 50.1 cm³/mol. The molecule has 0 fully saturated rings. The molecule has 2 aromatic heterocycles. The van der Waals surface area contributed by atoms with E-state index in [1.807, 2.05) is 26.0 Å². The number of nitrogens with zero attached hydrogens (tertiary/aromatic N) is 2. The second kappa shape index (κ2) is 2.69. The first kappa shape index (κ1) is 7.98. The van der Waals surface area contributed by atoms with E-state index in [-0.39, 0.29) is 0 Å². The van der Waals surface area contributed by atoms with Crippen LogP contribution in [0.3, 0.4) is 0 Å². The molecule has 0 bridgehead atoms. The van der Waals surface area contributed by atoms with Gasteiger partial charge in [0.25, 0.3) is 0 Å². The summed E-state index contributed by atoms with van der Waals surface area (Å²) in [6.45, 7) is 3.86. The van der Waals surface area contributed by atoms with E-state index < -0.39 is 0 Å². The second-order valence-corrected chi connectivity index (χ2v) is 3.16. The van der Waals surface area contributed by atoms with Crippen molar-refractivity contribution in [2.24, 2.45) is 0 Å². The fourth-order valence-electron chi connectivity index (χ4n) is 1.48. The van der Waals surface area contributed by atoms with Crippen LogP contribution in [0.2, 0.25) is 0 Å². The zero-order valence-corrected chi connectivity index (χ0v) is 7.61. The number of aromatic nitrogens is 2. The van der Waals surface area contributed by atoms with Crippen LogP contribution in [0.15, 0.2) is 18.5 Å². The fourth-order valence-corrected chi connectivity index (χ4v) is 1.48. The van der Waals surface area contributed by atoms with Crippen molar-refractivity contribution in [1.29, 1.82) is 0 Å². The fraction of sp³-hybridized carbons (Fsp3) is 0.200. The average Bonchev–Trinajstić information content (AvgIpc) is 2.39. The molecule has 0 spiro atoms. The summed E-state index contributed by atoms with van der Waals surface area (Å²) in [4.78, 5) is 14.9. The van der Waals surface area contributed by atoms with Gasteiger partial charge in [-0.05, 0) is 31.5 Å². The van der Waals surface area contributed by atoms with Gasteiger partial charge < -0.3 is 0 Å². The third kappa shape index (κ3) is 1.13. The van der Waals surface area contributed by atoms with Crippen LogP contribution in [0.4, 0.5) is 0 Å². The van der Waals surface area contributed by atoms with Gasteiger partial charge in [0.15, 0.2) is 6.29 Å². The predicted octanol–water partition coefficient (Wildman–Crippen LogP) is 1.76. The second-order valence-electron chi connectivity index (χ2n) is 3.16. The van der Waals surface area contributed by atoms with Crippen LogP contribution in [-0.4, -0.2) is 15.7 Å². The standard InChI is InChI=1S/C10H10N2O/c1-7-3-9-4-8(2)11-6-12(9)10(7)5-13/h3-6H,1-2H3. The number of aryl methyl sites for hydroxylation is 2. The molecule has 0 amide bonds. The topological polar surface area (TPSA) is 34.4 Å². The molecule has 0 aromatic carbocycles. The summed E-state index contributed by atoms with van der Waals surface area (Å²) in [6.07, 6.45) is 2.54. The van der Waals surface area contributed by atoms with Crippen molar-refractivity contribution in [2.45, 2.75) is 13.8 Å². The maximum Gasteiger partial charge on any atom is 0.167 e. The molecule has 0 unspecified atom stereocenters. The third-order valence-electron chi connectivity index (χ3n) is 2.15.